The van der Waals surface area contributed by atoms with Crippen LogP contribution in [0.2, 0.25) is 0 Å². The van der Waals surface area contributed by atoms with Crippen LogP contribution in [0.15, 0.2) is 168 Å². The van der Waals surface area contributed by atoms with Gasteiger partial charge in [0.05, 0.1) is 22.4 Å². The number of aromatic nitrogens is 5. The Kier molecular flexibility index (Phi) is 6.70. The summed E-state index contributed by atoms with van der Waals surface area (Å²) < 4.78 is 6.23. The van der Waals surface area contributed by atoms with E-state index in [2.05, 4.69) is 72.8 Å². The molecule has 51 heavy (non-hydrogen) atoms. The molecule has 0 aliphatic carbocycles. The van der Waals surface area contributed by atoms with Crippen LogP contribution < -0.4 is 0 Å². The van der Waals surface area contributed by atoms with E-state index in [1.165, 1.54) is 0 Å². The van der Waals surface area contributed by atoms with Crippen LogP contribution in [0, 0.1) is 0 Å². The fourth-order valence-corrected chi connectivity index (χ4v) is 6.88. The van der Waals surface area contributed by atoms with Crippen molar-refractivity contribution in [1.82, 2.24) is 24.9 Å². The first-order chi connectivity index (χ1) is 25.3. The molecule has 4 aromatic heterocycles. The van der Waals surface area contributed by atoms with Gasteiger partial charge in [-0.05, 0) is 24.3 Å². The van der Waals surface area contributed by atoms with Gasteiger partial charge in [-0.2, -0.15) is 0 Å². The topological polar surface area (TPSA) is 77.6 Å². The minimum Gasteiger partial charge on any atom is -0.456 e. The zero-order chi connectivity index (χ0) is 33.7. The Morgan fingerprint density at radius 1 is 0.333 bits per heavy atom. The van der Waals surface area contributed by atoms with Gasteiger partial charge in [-0.1, -0.05) is 140 Å². The van der Waals surface area contributed by atoms with E-state index in [1.807, 2.05) is 91.0 Å². The number of nitrogens with zero attached hydrogens (tertiary/aromatic N) is 5. The Hall–Kier alpha value is -7.05. The summed E-state index contributed by atoms with van der Waals surface area (Å²) in [5, 5.41) is 4.05. The molecule has 0 radical (unpaired) electrons. The summed E-state index contributed by atoms with van der Waals surface area (Å²) >= 11 is 0. The van der Waals surface area contributed by atoms with E-state index in [4.69, 9.17) is 29.3 Å². The quantitative estimate of drug-likeness (QED) is 0.172. The molecule has 0 saturated heterocycles. The minimum absolute atomic E-state index is 0.559. The van der Waals surface area contributed by atoms with Crippen LogP contribution in [0.4, 0.5) is 0 Å². The summed E-state index contributed by atoms with van der Waals surface area (Å²) in [6.45, 7) is 0. The molecule has 6 nitrogen and oxygen atoms in total. The standard InChI is InChI=1S/C45H27N5O/c1-3-12-28(13-4-1)36-26-24-29-22-23-30-25-27-37(47-42(30)41(29)46-36)32-16-7-8-17-33(32)44-48-43(31-14-5-2-6-15-31)49-45(50-44)35-19-11-21-39-40(35)34-18-9-10-20-38(34)51-39/h1-27H. The number of hydrogen-bond donors (Lipinski definition) is 0. The molecule has 0 aliphatic rings. The average molecular weight is 654 g/mol. The number of fused-ring (bicyclic) bond motifs is 6. The lowest BCUT2D eigenvalue weighted by Gasteiger charge is -2.13. The summed E-state index contributed by atoms with van der Waals surface area (Å²) in [5.74, 6) is 1.72. The van der Waals surface area contributed by atoms with Gasteiger partial charge < -0.3 is 4.42 Å². The first-order valence-electron chi connectivity index (χ1n) is 16.8. The lowest BCUT2D eigenvalue weighted by molar-refractivity contribution is 0.669. The van der Waals surface area contributed by atoms with Gasteiger partial charge in [0.15, 0.2) is 17.5 Å². The molecular formula is C45H27N5O. The van der Waals surface area contributed by atoms with Crippen molar-refractivity contribution in [2.75, 3.05) is 0 Å². The Morgan fingerprint density at radius 2 is 0.863 bits per heavy atom. The summed E-state index contributed by atoms with van der Waals surface area (Å²) in [6, 6.07) is 55.1. The Morgan fingerprint density at radius 3 is 1.63 bits per heavy atom. The molecular weight excluding hydrogens is 627 g/mol. The maximum atomic E-state index is 6.23. The van der Waals surface area contributed by atoms with Gasteiger partial charge in [0.2, 0.25) is 0 Å². The molecule has 0 amide bonds. The molecule has 0 aliphatic heterocycles. The summed E-state index contributed by atoms with van der Waals surface area (Å²) in [6.07, 6.45) is 0. The maximum Gasteiger partial charge on any atom is 0.164 e. The van der Waals surface area contributed by atoms with Crippen LogP contribution in [0.25, 0.3) is 100 Å². The highest BCUT2D eigenvalue weighted by Gasteiger charge is 2.20. The molecule has 0 spiro atoms. The minimum atomic E-state index is 0.559. The Labute approximate surface area is 292 Å². The number of para-hydroxylation sites is 1. The fraction of sp³-hybridized carbons (Fsp3) is 0. The summed E-state index contributed by atoms with van der Waals surface area (Å²) in [4.78, 5) is 25.7. The fourth-order valence-electron chi connectivity index (χ4n) is 6.88. The number of pyridine rings is 2. The molecule has 10 rings (SSSR count). The molecule has 0 saturated carbocycles. The monoisotopic (exact) mass is 653 g/mol. The van der Waals surface area contributed by atoms with E-state index in [-0.39, 0.29) is 0 Å². The molecule has 4 heterocycles. The van der Waals surface area contributed by atoms with Crippen molar-refractivity contribution in [3.8, 4) is 56.7 Å². The van der Waals surface area contributed by atoms with E-state index in [0.717, 1.165) is 82.9 Å². The zero-order valence-electron chi connectivity index (χ0n) is 27.2. The lowest BCUT2D eigenvalue weighted by Crippen LogP contribution is -2.01. The second-order valence-corrected chi connectivity index (χ2v) is 12.5. The molecule has 0 atom stereocenters. The van der Waals surface area contributed by atoms with Crippen LogP contribution in [-0.4, -0.2) is 24.9 Å². The van der Waals surface area contributed by atoms with Crippen molar-refractivity contribution >= 4 is 43.7 Å². The van der Waals surface area contributed by atoms with Crippen molar-refractivity contribution in [2.24, 2.45) is 0 Å². The molecule has 6 heteroatoms. The summed E-state index contributed by atoms with van der Waals surface area (Å²) in [7, 11) is 0. The molecule has 0 N–H and O–H groups in total. The van der Waals surface area contributed by atoms with Gasteiger partial charge in [0, 0.05) is 49.4 Å². The smallest absolute Gasteiger partial charge is 0.164 e. The first kappa shape index (κ1) is 28.9. The number of rotatable bonds is 5. The van der Waals surface area contributed by atoms with E-state index < -0.39 is 0 Å². The molecule has 0 unspecified atom stereocenters. The third-order valence-corrected chi connectivity index (χ3v) is 9.34. The van der Waals surface area contributed by atoms with Crippen LogP contribution in [0.1, 0.15) is 0 Å². The van der Waals surface area contributed by atoms with Gasteiger partial charge in [-0.25, -0.2) is 24.9 Å². The van der Waals surface area contributed by atoms with Crippen LogP contribution >= 0.6 is 0 Å². The van der Waals surface area contributed by atoms with E-state index in [9.17, 15) is 0 Å². The highest BCUT2D eigenvalue weighted by atomic mass is 16.3. The highest BCUT2D eigenvalue weighted by molar-refractivity contribution is 6.12. The number of hydrogen-bond acceptors (Lipinski definition) is 6. The van der Waals surface area contributed by atoms with E-state index in [1.54, 1.807) is 0 Å². The van der Waals surface area contributed by atoms with Gasteiger partial charge in [-0.15, -0.1) is 0 Å². The van der Waals surface area contributed by atoms with Crippen molar-refractivity contribution in [3.63, 3.8) is 0 Å². The molecule has 0 bridgehead atoms. The second-order valence-electron chi connectivity index (χ2n) is 12.5. The predicted octanol–water partition coefficient (Wildman–Crippen LogP) is 11.2. The Bertz CT molecular complexity index is 2920. The lowest BCUT2D eigenvalue weighted by atomic mass is 10.0. The second kappa shape index (κ2) is 11.8. The van der Waals surface area contributed by atoms with Crippen LogP contribution in [-0.2, 0) is 0 Å². The average Bonchev–Trinajstić information content (AvgIpc) is 3.60. The van der Waals surface area contributed by atoms with Crippen molar-refractivity contribution in [1.29, 1.82) is 0 Å². The van der Waals surface area contributed by atoms with Crippen LogP contribution in [0.3, 0.4) is 0 Å². The van der Waals surface area contributed by atoms with E-state index >= 15 is 0 Å². The number of furan rings is 1. The molecule has 0 fully saturated rings. The SMILES string of the molecule is c1ccc(-c2ccc3ccc4ccc(-c5ccccc5-c5nc(-c6ccccc6)nc(-c6cccc7oc8ccccc8c67)n5)nc4c3n2)cc1. The van der Waals surface area contributed by atoms with Crippen LogP contribution in [0.5, 0.6) is 0 Å². The van der Waals surface area contributed by atoms with Crippen molar-refractivity contribution < 1.29 is 4.42 Å². The zero-order valence-corrected chi connectivity index (χ0v) is 27.2. The highest BCUT2D eigenvalue weighted by Crippen LogP contribution is 2.38. The third kappa shape index (κ3) is 5.01. The van der Waals surface area contributed by atoms with Gasteiger partial charge in [-0.3, -0.25) is 0 Å². The normalized spacial score (nSPS) is 11.5. The maximum absolute atomic E-state index is 6.23. The van der Waals surface area contributed by atoms with Crippen molar-refractivity contribution in [2.45, 2.75) is 0 Å². The predicted molar refractivity (Wildman–Crippen MR) is 205 cm³/mol. The molecule has 238 valence electrons. The first-order valence-corrected chi connectivity index (χ1v) is 16.8. The van der Waals surface area contributed by atoms with E-state index in [0.29, 0.717) is 17.5 Å². The van der Waals surface area contributed by atoms with Gasteiger partial charge in [0.1, 0.15) is 11.2 Å². The van der Waals surface area contributed by atoms with Gasteiger partial charge >= 0.3 is 0 Å². The number of benzene rings is 6. The third-order valence-electron chi connectivity index (χ3n) is 9.34. The van der Waals surface area contributed by atoms with Crippen molar-refractivity contribution in [3.05, 3.63) is 164 Å². The summed E-state index contributed by atoms with van der Waals surface area (Å²) in [5.41, 5.74) is 9.66. The Balaban J connectivity index is 1.18. The largest absolute Gasteiger partial charge is 0.456 e. The molecule has 10 aromatic rings. The van der Waals surface area contributed by atoms with Gasteiger partial charge in [0.25, 0.3) is 0 Å². The molecule has 6 aromatic carbocycles.